The number of benzene rings is 1. The van der Waals surface area contributed by atoms with Gasteiger partial charge in [0, 0.05) is 0 Å². The summed E-state index contributed by atoms with van der Waals surface area (Å²) in [5, 5.41) is 10.1. The SMILES string of the molecule is CCO/C(=C\C(O)c1c(C)cc(C)cc1C)C(F)(F)F. The summed E-state index contributed by atoms with van der Waals surface area (Å²) in [5.41, 5.74) is 2.99. The van der Waals surface area contributed by atoms with Gasteiger partial charge < -0.3 is 9.84 Å². The first-order valence-electron chi connectivity index (χ1n) is 6.34. The molecule has 1 unspecified atom stereocenters. The number of ether oxygens (including phenoxy) is 1. The van der Waals surface area contributed by atoms with E-state index >= 15 is 0 Å². The number of aryl methyl sites for hydroxylation is 3. The molecule has 20 heavy (non-hydrogen) atoms. The molecule has 0 amide bonds. The van der Waals surface area contributed by atoms with Gasteiger partial charge in [0.25, 0.3) is 0 Å². The molecule has 0 aromatic heterocycles. The Morgan fingerprint density at radius 1 is 1.25 bits per heavy atom. The van der Waals surface area contributed by atoms with Crippen LogP contribution < -0.4 is 0 Å². The van der Waals surface area contributed by atoms with Crippen molar-refractivity contribution in [2.45, 2.75) is 40.0 Å². The van der Waals surface area contributed by atoms with E-state index in [9.17, 15) is 18.3 Å². The van der Waals surface area contributed by atoms with Gasteiger partial charge in [-0.2, -0.15) is 13.2 Å². The van der Waals surface area contributed by atoms with Crippen molar-refractivity contribution in [2.24, 2.45) is 0 Å². The molecule has 0 bridgehead atoms. The van der Waals surface area contributed by atoms with Gasteiger partial charge >= 0.3 is 6.18 Å². The van der Waals surface area contributed by atoms with Crippen LogP contribution in [0, 0.1) is 20.8 Å². The highest BCUT2D eigenvalue weighted by atomic mass is 19.4. The number of alkyl halides is 3. The lowest BCUT2D eigenvalue weighted by molar-refractivity contribution is -0.131. The summed E-state index contributed by atoms with van der Waals surface area (Å²) in [6.45, 7) is 6.78. The van der Waals surface area contributed by atoms with Crippen molar-refractivity contribution in [2.75, 3.05) is 6.61 Å². The van der Waals surface area contributed by atoms with Gasteiger partial charge in [-0.25, -0.2) is 0 Å². The first-order chi connectivity index (χ1) is 9.16. The van der Waals surface area contributed by atoms with E-state index in [-0.39, 0.29) is 6.61 Å². The van der Waals surface area contributed by atoms with Crippen LogP contribution in [0.2, 0.25) is 0 Å². The number of aliphatic hydroxyl groups excluding tert-OH is 1. The van der Waals surface area contributed by atoms with Crippen LogP contribution in [-0.4, -0.2) is 17.9 Å². The maximum Gasteiger partial charge on any atom is 0.448 e. The molecular weight excluding hydrogens is 269 g/mol. The molecule has 112 valence electrons. The van der Waals surface area contributed by atoms with E-state index in [1.807, 2.05) is 19.1 Å². The fourth-order valence-electron chi connectivity index (χ4n) is 2.26. The minimum Gasteiger partial charge on any atom is -0.489 e. The highest BCUT2D eigenvalue weighted by Gasteiger charge is 2.36. The van der Waals surface area contributed by atoms with Gasteiger partial charge in [0.15, 0.2) is 5.76 Å². The molecule has 0 radical (unpaired) electrons. The van der Waals surface area contributed by atoms with Gasteiger partial charge in [-0.15, -0.1) is 0 Å². The van der Waals surface area contributed by atoms with E-state index in [1.165, 1.54) is 6.92 Å². The summed E-state index contributed by atoms with van der Waals surface area (Å²) in [7, 11) is 0. The molecule has 0 aliphatic carbocycles. The maximum atomic E-state index is 12.7. The number of rotatable bonds is 4. The standard InChI is InChI=1S/C15H19F3O2/c1-5-20-13(15(16,17)18)8-12(19)14-10(3)6-9(2)7-11(14)4/h6-8,12,19H,5H2,1-4H3/b13-8-. The number of aliphatic hydroxyl groups is 1. The fourth-order valence-corrected chi connectivity index (χ4v) is 2.26. The van der Waals surface area contributed by atoms with Gasteiger partial charge in [-0.3, -0.25) is 0 Å². The zero-order valence-corrected chi connectivity index (χ0v) is 12.0. The van der Waals surface area contributed by atoms with Gasteiger partial charge in [-0.1, -0.05) is 17.7 Å². The Balaban J connectivity index is 3.20. The molecule has 1 rings (SSSR count). The summed E-state index contributed by atoms with van der Waals surface area (Å²) in [4.78, 5) is 0. The lowest BCUT2D eigenvalue weighted by Gasteiger charge is -2.18. The van der Waals surface area contributed by atoms with Crippen LogP contribution >= 0.6 is 0 Å². The van der Waals surface area contributed by atoms with E-state index in [4.69, 9.17) is 0 Å². The average molecular weight is 288 g/mol. The lowest BCUT2D eigenvalue weighted by Crippen LogP contribution is -2.16. The summed E-state index contributed by atoms with van der Waals surface area (Å²) < 4.78 is 42.8. The molecule has 2 nitrogen and oxygen atoms in total. The van der Waals surface area contributed by atoms with Crippen LogP contribution in [0.25, 0.3) is 0 Å². The van der Waals surface area contributed by atoms with E-state index in [2.05, 4.69) is 4.74 Å². The van der Waals surface area contributed by atoms with Crippen molar-refractivity contribution in [1.29, 1.82) is 0 Å². The summed E-state index contributed by atoms with van der Waals surface area (Å²) in [6.07, 6.45) is -5.24. The van der Waals surface area contributed by atoms with Crippen LogP contribution in [0.1, 0.15) is 35.3 Å². The summed E-state index contributed by atoms with van der Waals surface area (Å²) in [5.74, 6) is -1.16. The van der Waals surface area contributed by atoms with Gasteiger partial charge in [0.05, 0.1) is 6.61 Å². The second kappa shape index (κ2) is 6.31. The van der Waals surface area contributed by atoms with E-state index in [0.29, 0.717) is 11.6 Å². The number of hydrogen-bond acceptors (Lipinski definition) is 2. The fraction of sp³-hybridized carbons (Fsp3) is 0.467. The molecule has 0 aliphatic heterocycles. The molecule has 5 heteroatoms. The molecular formula is C15H19F3O2. The summed E-state index contributed by atoms with van der Waals surface area (Å²) in [6, 6.07) is 3.65. The molecule has 0 heterocycles. The van der Waals surface area contributed by atoms with Crippen molar-refractivity contribution < 1.29 is 23.0 Å². The Morgan fingerprint density at radius 3 is 2.15 bits per heavy atom. The average Bonchev–Trinajstić information content (AvgIpc) is 2.25. The van der Waals surface area contributed by atoms with Crippen molar-refractivity contribution in [3.8, 4) is 0 Å². The molecule has 1 aromatic rings. The highest BCUT2D eigenvalue weighted by Crippen LogP contribution is 2.31. The first kappa shape index (κ1) is 16.6. The Labute approximate surface area is 116 Å². The zero-order valence-electron chi connectivity index (χ0n) is 12.0. The van der Waals surface area contributed by atoms with E-state index in [1.54, 1.807) is 13.8 Å². The van der Waals surface area contributed by atoms with Gasteiger partial charge in [-0.05, 0) is 50.5 Å². The normalized spacial score (nSPS) is 14.3. The van der Waals surface area contributed by atoms with Crippen LogP contribution in [-0.2, 0) is 4.74 Å². The quantitative estimate of drug-likeness (QED) is 0.844. The molecule has 0 saturated heterocycles. The monoisotopic (exact) mass is 288 g/mol. The van der Waals surface area contributed by atoms with Crippen molar-refractivity contribution in [3.63, 3.8) is 0 Å². The lowest BCUT2D eigenvalue weighted by atomic mass is 9.95. The predicted molar refractivity (Wildman–Crippen MR) is 71.4 cm³/mol. The van der Waals surface area contributed by atoms with Crippen molar-refractivity contribution in [3.05, 3.63) is 46.2 Å². The third-order valence-corrected chi connectivity index (χ3v) is 2.92. The zero-order chi connectivity index (χ0) is 15.5. The molecule has 1 atom stereocenters. The Bertz CT molecular complexity index is 481. The topological polar surface area (TPSA) is 29.5 Å². The Hall–Kier alpha value is -1.49. The molecule has 0 aliphatic rings. The second-order valence-corrected chi connectivity index (χ2v) is 4.72. The third-order valence-electron chi connectivity index (χ3n) is 2.92. The van der Waals surface area contributed by atoms with Crippen LogP contribution in [0.3, 0.4) is 0 Å². The largest absolute Gasteiger partial charge is 0.489 e. The summed E-state index contributed by atoms with van der Waals surface area (Å²) >= 11 is 0. The highest BCUT2D eigenvalue weighted by molar-refractivity contribution is 5.40. The predicted octanol–water partition coefficient (Wildman–Crippen LogP) is 4.13. The van der Waals surface area contributed by atoms with E-state index in [0.717, 1.165) is 16.7 Å². The minimum atomic E-state index is -4.61. The van der Waals surface area contributed by atoms with Crippen molar-refractivity contribution in [1.82, 2.24) is 0 Å². The first-order valence-corrected chi connectivity index (χ1v) is 6.34. The Morgan fingerprint density at radius 2 is 1.75 bits per heavy atom. The van der Waals surface area contributed by atoms with E-state index < -0.39 is 18.0 Å². The van der Waals surface area contributed by atoms with Crippen LogP contribution in [0.15, 0.2) is 24.0 Å². The van der Waals surface area contributed by atoms with Gasteiger partial charge in [0.1, 0.15) is 6.10 Å². The molecule has 0 spiro atoms. The molecule has 0 fully saturated rings. The molecule has 1 N–H and O–H groups in total. The van der Waals surface area contributed by atoms with Crippen LogP contribution in [0.5, 0.6) is 0 Å². The van der Waals surface area contributed by atoms with Crippen LogP contribution in [0.4, 0.5) is 13.2 Å². The number of halogens is 3. The van der Waals surface area contributed by atoms with Crippen molar-refractivity contribution >= 4 is 0 Å². The minimum absolute atomic E-state index is 0.107. The number of hydrogen-bond donors (Lipinski definition) is 1. The van der Waals surface area contributed by atoms with Gasteiger partial charge in [0.2, 0.25) is 0 Å². The molecule has 1 aromatic carbocycles. The smallest absolute Gasteiger partial charge is 0.448 e. The second-order valence-electron chi connectivity index (χ2n) is 4.72. The molecule has 0 saturated carbocycles. The Kier molecular flexibility index (Phi) is 5.22. The number of allylic oxidation sites excluding steroid dienone is 1. The maximum absolute atomic E-state index is 12.7. The third kappa shape index (κ3) is 4.00.